The molecule has 1 atom stereocenters. The van der Waals surface area contributed by atoms with Crippen LogP contribution >= 0.6 is 0 Å². The van der Waals surface area contributed by atoms with E-state index in [-0.39, 0.29) is 11.9 Å². The first-order chi connectivity index (χ1) is 9.65. The Bertz CT molecular complexity index is 592. The van der Waals surface area contributed by atoms with Crippen LogP contribution in [0.2, 0.25) is 0 Å². The van der Waals surface area contributed by atoms with Gasteiger partial charge in [0.05, 0.1) is 24.4 Å². The first-order valence-electron chi connectivity index (χ1n) is 6.63. The maximum atomic E-state index is 12.3. The standard InChI is InChI=1S/C15H19N3O2/c1-4-18-10-9-13(17-18)11(2)16-15(19)12-7-5-6-8-14(12)20-3/h5-11H,4H2,1-3H3,(H,16,19). The van der Waals surface area contributed by atoms with Gasteiger partial charge in [0.2, 0.25) is 0 Å². The highest BCUT2D eigenvalue weighted by molar-refractivity contribution is 5.97. The molecule has 1 N–H and O–H groups in total. The Hall–Kier alpha value is -2.30. The zero-order valence-electron chi connectivity index (χ0n) is 12.0. The van der Waals surface area contributed by atoms with E-state index in [0.29, 0.717) is 11.3 Å². The Balaban J connectivity index is 2.10. The van der Waals surface area contributed by atoms with Crippen LogP contribution in [0.5, 0.6) is 5.75 Å². The zero-order chi connectivity index (χ0) is 14.5. The lowest BCUT2D eigenvalue weighted by Gasteiger charge is -2.13. The minimum atomic E-state index is -0.166. The van der Waals surface area contributed by atoms with Gasteiger partial charge >= 0.3 is 0 Å². The minimum Gasteiger partial charge on any atom is -0.496 e. The van der Waals surface area contributed by atoms with E-state index < -0.39 is 0 Å². The van der Waals surface area contributed by atoms with Gasteiger partial charge in [0.25, 0.3) is 5.91 Å². The van der Waals surface area contributed by atoms with Crippen molar-refractivity contribution in [2.75, 3.05) is 7.11 Å². The molecule has 1 aromatic carbocycles. The van der Waals surface area contributed by atoms with E-state index in [4.69, 9.17) is 4.74 Å². The van der Waals surface area contributed by atoms with Crippen LogP contribution in [0, 0.1) is 0 Å². The highest BCUT2D eigenvalue weighted by Crippen LogP contribution is 2.18. The van der Waals surface area contributed by atoms with Gasteiger partial charge in [0, 0.05) is 12.7 Å². The summed E-state index contributed by atoms with van der Waals surface area (Å²) in [5.41, 5.74) is 1.37. The number of methoxy groups -OCH3 is 1. The van der Waals surface area contributed by atoms with Gasteiger partial charge in [-0.25, -0.2) is 0 Å². The van der Waals surface area contributed by atoms with Crippen molar-refractivity contribution in [1.29, 1.82) is 0 Å². The number of ether oxygens (including phenoxy) is 1. The van der Waals surface area contributed by atoms with Crippen LogP contribution in [0.4, 0.5) is 0 Å². The zero-order valence-corrected chi connectivity index (χ0v) is 12.0. The number of benzene rings is 1. The van der Waals surface area contributed by atoms with Crippen molar-refractivity contribution in [2.24, 2.45) is 0 Å². The number of rotatable bonds is 5. The monoisotopic (exact) mass is 273 g/mol. The Morgan fingerprint density at radius 1 is 1.40 bits per heavy atom. The number of nitrogens with zero attached hydrogens (tertiary/aromatic N) is 2. The van der Waals surface area contributed by atoms with Gasteiger partial charge in [-0.05, 0) is 32.0 Å². The van der Waals surface area contributed by atoms with E-state index in [0.717, 1.165) is 12.2 Å². The van der Waals surface area contributed by atoms with Crippen LogP contribution in [0.25, 0.3) is 0 Å². The third kappa shape index (κ3) is 2.99. The molecule has 20 heavy (non-hydrogen) atoms. The fraction of sp³-hybridized carbons (Fsp3) is 0.333. The quantitative estimate of drug-likeness (QED) is 0.910. The second-order valence-corrected chi connectivity index (χ2v) is 4.49. The number of aromatic nitrogens is 2. The fourth-order valence-corrected chi connectivity index (χ4v) is 1.97. The average molecular weight is 273 g/mol. The molecule has 0 bridgehead atoms. The van der Waals surface area contributed by atoms with Crippen molar-refractivity contribution < 1.29 is 9.53 Å². The number of aryl methyl sites for hydroxylation is 1. The largest absolute Gasteiger partial charge is 0.496 e. The summed E-state index contributed by atoms with van der Waals surface area (Å²) >= 11 is 0. The highest BCUT2D eigenvalue weighted by atomic mass is 16.5. The smallest absolute Gasteiger partial charge is 0.255 e. The summed E-state index contributed by atoms with van der Waals surface area (Å²) in [6.45, 7) is 4.75. The SMILES string of the molecule is CCn1ccc(C(C)NC(=O)c2ccccc2OC)n1. The predicted octanol–water partition coefficient (Wildman–Crippen LogP) is 2.40. The molecule has 2 rings (SSSR count). The van der Waals surface area contributed by atoms with Crippen molar-refractivity contribution in [3.63, 3.8) is 0 Å². The van der Waals surface area contributed by atoms with E-state index in [1.54, 1.807) is 19.2 Å². The third-order valence-electron chi connectivity index (χ3n) is 3.13. The Morgan fingerprint density at radius 3 is 2.80 bits per heavy atom. The molecule has 1 aromatic heterocycles. The summed E-state index contributed by atoms with van der Waals surface area (Å²) in [6.07, 6.45) is 1.90. The fourth-order valence-electron chi connectivity index (χ4n) is 1.97. The highest BCUT2D eigenvalue weighted by Gasteiger charge is 2.16. The average Bonchev–Trinajstić information content (AvgIpc) is 2.96. The summed E-state index contributed by atoms with van der Waals surface area (Å²) in [4.78, 5) is 12.3. The van der Waals surface area contributed by atoms with Crippen molar-refractivity contribution in [3.05, 3.63) is 47.8 Å². The number of hydrogen-bond acceptors (Lipinski definition) is 3. The lowest BCUT2D eigenvalue weighted by atomic mass is 10.1. The maximum absolute atomic E-state index is 12.3. The van der Waals surface area contributed by atoms with Crippen LogP contribution in [0.3, 0.4) is 0 Å². The summed E-state index contributed by atoms with van der Waals surface area (Å²) in [6, 6.07) is 8.92. The van der Waals surface area contributed by atoms with Crippen LogP contribution in [0.15, 0.2) is 36.5 Å². The number of amides is 1. The number of carbonyl (C=O) groups excluding carboxylic acids is 1. The predicted molar refractivity (Wildman–Crippen MR) is 76.8 cm³/mol. The molecule has 1 heterocycles. The molecule has 0 saturated carbocycles. The molecular formula is C15H19N3O2. The number of hydrogen-bond donors (Lipinski definition) is 1. The molecule has 106 valence electrons. The molecule has 0 saturated heterocycles. The van der Waals surface area contributed by atoms with Gasteiger partial charge in [-0.3, -0.25) is 9.48 Å². The Morgan fingerprint density at radius 2 is 2.15 bits per heavy atom. The maximum Gasteiger partial charge on any atom is 0.255 e. The molecule has 1 unspecified atom stereocenters. The topological polar surface area (TPSA) is 56.2 Å². The molecule has 0 fully saturated rings. The van der Waals surface area contributed by atoms with Crippen molar-refractivity contribution >= 4 is 5.91 Å². The summed E-state index contributed by atoms with van der Waals surface area (Å²) < 4.78 is 7.03. The molecule has 2 aromatic rings. The van der Waals surface area contributed by atoms with Gasteiger partial charge in [0.1, 0.15) is 5.75 Å². The molecule has 0 aliphatic carbocycles. The summed E-state index contributed by atoms with van der Waals surface area (Å²) in [5.74, 6) is 0.400. The number of para-hydroxylation sites is 1. The molecule has 0 spiro atoms. The number of nitrogens with one attached hydrogen (secondary N) is 1. The van der Waals surface area contributed by atoms with Crippen molar-refractivity contribution in [2.45, 2.75) is 26.4 Å². The molecule has 5 nitrogen and oxygen atoms in total. The lowest BCUT2D eigenvalue weighted by molar-refractivity contribution is 0.0936. The number of carbonyl (C=O) groups is 1. The van der Waals surface area contributed by atoms with Crippen LogP contribution in [-0.2, 0) is 6.54 Å². The molecule has 5 heteroatoms. The van der Waals surface area contributed by atoms with Gasteiger partial charge in [-0.15, -0.1) is 0 Å². The molecule has 0 aliphatic rings. The van der Waals surface area contributed by atoms with E-state index in [9.17, 15) is 4.79 Å². The minimum absolute atomic E-state index is 0.153. The van der Waals surface area contributed by atoms with Gasteiger partial charge in [0.15, 0.2) is 0 Å². The second kappa shape index (κ2) is 6.23. The van der Waals surface area contributed by atoms with E-state index >= 15 is 0 Å². The van der Waals surface area contributed by atoms with E-state index in [1.807, 2.05) is 42.9 Å². The van der Waals surface area contributed by atoms with Crippen LogP contribution < -0.4 is 10.1 Å². The Kier molecular flexibility index (Phi) is 4.40. The van der Waals surface area contributed by atoms with Gasteiger partial charge in [-0.2, -0.15) is 5.10 Å². The Labute approximate surface area is 118 Å². The molecule has 0 aliphatic heterocycles. The first kappa shape index (κ1) is 14.1. The summed E-state index contributed by atoms with van der Waals surface area (Å²) in [7, 11) is 1.55. The van der Waals surface area contributed by atoms with Gasteiger partial charge in [-0.1, -0.05) is 12.1 Å². The second-order valence-electron chi connectivity index (χ2n) is 4.49. The normalized spacial score (nSPS) is 11.9. The van der Waals surface area contributed by atoms with E-state index in [2.05, 4.69) is 10.4 Å². The van der Waals surface area contributed by atoms with Crippen LogP contribution in [0.1, 0.15) is 35.9 Å². The van der Waals surface area contributed by atoms with Crippen LogP contribution in [-0.4, -0.2) is 22.8 Å². The lowest BCUT2D eigenvalue weighted by Crippen LogP contribution is -2.27. The molecular weight excluding hydrogens is 254 g/mol. The third-order valence-corrected chi connectivity index (χ3v) is 3.13. The van der Waals surface area contributed by atoms with Crippen molar-refractivity contribution in [1.82, 2.24) is 15.1 Å². The van der Waals surface area contributed by atoms with Gasteiger partial charge < -0.3 is 10.1 Å². The summed E-state index contributed by atoms with van der Waals surface area (Å²) in [5, 5.41) is 7.32. The molecule has 0 radical (unpaired) electrons. The van der Waals surface area contributed by atoms with Crippen molar-refractivity contribution in [3.8, 4) is 5.75 Å². The first-order valence-corrected chi connectivity index (χ1v) is 6.63. The van der Waals surface area contributed by atoms with E-state index in [1.165, 1.54) is 0 Å². The molecule has 1 amide bonds.